The second-order valence-corrected chi connectivity index (χ2v) is 6.21. The van der Waals surface area contributed by atoms with Gasteiger partial charge < -0.3 is 4.74 Å². The average molecular weight is 284 g/mol. The van der Waals surface area contributed by atoms with Crippen molar-refractivity contribution in [1.82, 2.24) is 5.43 Å². The number of hydrogen-bond donors (Lipinski definition) is 2. The van der Waals surface area contributed by atoms with Gasteiger partial charge >= 0.3 is 0 Å². The summed E-state index contributed by atoms with van der Waals surface area (Å²) in [5.74, 6) is 6.61. The van der Waals surface area contributed by atoms with Crippen molar-refractivity contribution < 1.29 is 4.74 Å². The summed E-state index contributed by atoms with van der Waals surface area (Å²) in [7, 11) is 1.68. The van der Waals surface area contributed by atoms with Crippen LogP contribution in [0.3, 0.4) is 0 Å². The predicted octanol–water partition coefficient (Wildman–Crippen LogP) is 3.55. The maximum atomic E-state index is 5.78. The molecule has 2 rings (SSSR count). The summed E-state index contributed by atoms with van der Waals surface area (Å²) in [4.78, 5) is 0. The van der Waals surface area contributed by atoms with E-state index < -0.39 is 0 Å². The lowest BCUT2D eigenvalue weighted by Gasteiger charge is -2.22. The second kappa shape index (κ2) is 6.29. The van der Waals surface area contributed by atoms with Gasteiger partial charge in [0, 0.05) is 5.56 Å². The summed E-state index contributed by atoms with van der Waals surface area (Å²) in [5, 5.41) is 0. The first-order valence-electron chi connectivity index (χ1n) is 7.17. The number of methoxy groups -OCH3 is 1. The van der Waals surface area contributed by atoms with Gasteiger partial charge in [0.05, 0.1) is 13.2 Å². The smallest absolute Gasteiger partial charge is 0.124 e. The Bertz CT molecular complexity index is 585. The van der Waals surface area contributed by atoms with Crippen molar-refractivity contribution >= 4 is 0 Å². The second-order valence-electron chi connectivity index (χ2n) is 6.21. The van der Waals surface area contributed by atoms with E-state index in [4.69, 9.17) is 10.6 Å². The summed E-state index contributed by atoms with van der Waals surface area (Å²) in [6.45, 7) is 6.63. The molecule has 0 aromatic heterocycles. The van der Waals surface area contributed by atoms with Gasteiger partial charge in [0.25, 0.3) is 0 Å². The molecular formula is C18H24N2O. The van der Waals surface area contributed by atoms with E-state index in [0.717, 1.165) is 16.9 Å². The van der Waals surface area contributed by atoms with Gasteiger partial charge in [-0.15, -0.1) is 0 Å². The Morgan fingerprint density at radius 2 is 1.62 bits per heavy atom. The monoisotopic (exact) mass is 284 g/mol. The van der Waals surface area contributed by atoms with Crippen molar-refractivity contribution in [2.75, 3.05) is 7.11 Å². The third kappa shape index (κ3) is 3.43. The molecule has 0 bridgehead atoms. The van der Waals surface area contributed by atoms with Crippen LogP contribution in [-0.2, 0) is 5.41 Å². The quantitative estimate of drug-likeness (QED) is 0.667. The molecule has 3 N–H and O–H groups in total. The van der Waals surface area contributed by atoms with E-state index in [-0.39, 0.29) is 11.5 Å². The molecule has 0 aliphatic heterocycles. The molecule has 2 aromatic carbocycles. The lowest BCUT2D eigenvalue weighted by Crippen LogP contribution is -2.29. The normalized spacial score (nSPS) is 13.0. The first-order valence-corrected chi connectivity index (χ1v) is 7.17. The van der Waals surface area contributed by atoms with Crippen molar-refractivity contribution in [2.45, 2.75) is 32.2 Å². The number of hydrogen-bond acceptors (Lipinski definition) is 3. The third-order valence-corrected chi connectivity index (χ3v) is 3.73. The molecule has 2 aromatic rings. The van der Waals surface area contributed by atoms with E-state index in [9.17, 15) is 0 Å². The molecule has 0 saturated heterocycles. The van der Waals surface area contributed by atoms with E-state index in [0.29, 0.717) is 0 Å². The van der Waals surface area contributed by atoms with Gasteiger partial charge in [-0.25, -0.2) is 5.43 Å². The van der Waals surface area contributed by atoms with Crippen LogP contribution in [0.5, 0.6) is 5.75 Å². The van der Waals surface area contributed by atoms with Crippen LogP contribution < -0.4 is 16.0 Å². The Kier molecular flexibility index (Phi) is 4.66. The average Bonchev–Trinajstić information content (AvgIpc) is 2.48. The molecule has 21 heavy (non-hydrogen) atoms. The molecule has 0 radical (unpaired) electrons. The maximum absolute atomic E-state index is 5.78. The van der Waals surface area contributed by atoms with Gasteiger partial charge in [-0.05, 0) is 22.6 Å². The van der Waals surface area contributed by atoms with Crippen LogP contribution in [0, 0.1) is 0 Å². The highest BCUT2D eigenvalue weighted by atomic mass is 16.5. The zero-order valence-corrected chi connectivity index (χ0v) is 13.2. The lowest BCUT2D eigenvalue weighted by molar-refractivity contribution is 0.404. The minimum atomic E-state index is -0.0878. The van der Waals surface area contributed by atoms with Crippen LogP contribution in [0.15, 0.2) is 48.5 Å². The van der Waals surface area contributed by atoms with Crippen molar-refractivity contribution in [3.05, 3.63) is 65.2 Å². The summed E-state index contributed by atoms with van der Waals surface area (Å²) in [5.41, 5.74) is 6.50. The Hall–Kier alpha value is -1.84. The van der Waals surface area contributed by atoms with E-state index in [1.807, 2.05) is 24.3 Å². The van der Waals surface area contributed by atoms with E-state index in [1.165, 1.54) is 5.56 Å². The first-order chi connectivity index (χ1) is 9.97. The van der Waals surface area contributed by atoms with Crippen molar-refractivity contribution in [1.29, 1.82) is 0 Å². The van der Waals surface area contributed by atoms with Gasteiger partial charge in [0.1, 0.15) is 5.75 Å². The Morgan fingerprint density at radius 1 is 1.00 bits per heavy atom. The van der Waals surface area contributed by atoms with Crippen molar-refractivity contribution in [2.24, 2.45) is 5.84 Å². The molecular weight excluding hydrogens is 260 g/mol. The summed E-state index contributed by atoms with van der Waals surface area (Å²) in [6.07, 6.45) is 0. The molecule has 3 nitrogen and oxygen atoms in total. The lowest BCUT2D eigenvalue weighted by atomic mass is 9.86. The Morgan fingerprint density at radius 3 is 2.14 bits per heavy atom. The van der Waals surface area contributed by atoms with Crippen molar-refractivity contribution in [3.8, 4) is 5.75 Å². The largest absolute Gasteiger partial charge is 0.496 e. The van der Waals surface area contributed by atoms with E-state index in [1.54, 1.807) is 7.11 Å². The van der Waals surface area contributed by atoms with Crippen molar-refractivity contribution in [3.63, 3.8) is 0 Å². The molecule has 0 heterocycles. The molecule has 0 saturated carbocycles. The number of hydrazine groups is 1. The van der Waals surface area contributed by atoms with Crippen LogP contribution in [0.1, 0.15) is 43.5 Å². The molecule has 1 atom stereocenters. The fourth-order valence-electron chi connectivity index (χ4n) is 2.45. The Balaban J connectivity index is 2.38. The molecule has 3 heteroatoms. The van der Waals surface area contributed by atoms with Crippen LogP contribution >= 0.6 is 0 Å². The number of nitrogens with two attached hydrogens (primary N) is 1. The van der Waals surface area contributed by atoms with Gasteiger partial charge in [-0.2, -0.15) is 0 Å². The van der Waals surface area contributed by atoms with Crippen LogP contribution in [-0.4, -0.2) is 7.11 Å². The molecule has 0 amide bonds. The summed E-state index contributed by atoms with van der Waals surface area (Å²) < 4.78 is 5.43. The van der Waals surface area contributed by atoms with Crippen LogP contribution in [0.2, 0.25) is 0 Å². The maximum Gasteiger partial charge on any atom is 0.124 e. The van der Waals surface area contributed by atoms with E-state index in [2.05, 4.69) is 50.5 Å². The minimum Gasteiger partial charge on any atom is -0.496 e. The number of rotatable bonds is 4. The molecule has 0 aliphatic rings. The number of ether oxygens (including phenoxy) is 1. The van der Waals surface area contributed by atoms with Gasteiger partial charge in [0.15, 0.2) is 0 Å². The topological polar surface area (TPSA) is 47.3 Å². The number of nitrogens with one attached hydrogen (secondary N) is 1. The number of benzene rings is 2. The van der Waals surface area contributed by atoms with Gasteiger partial charge in [0.2, 0.25) is 0 Å². The summed E-state index contributed by atoms with van der Waals surface area (Å²) >= 11 is 0. The zero-order valence-electron chi connectivity index (χ0n) is 13.2. The zero-order chi connectivity index (χ0) is 15.5. The molecule has 1 unspecified atom stereocenters. The minimum absolute atomic E-state index is 0.0878. The molecule has 0 fully saturated rings. The molecule has 0 spiro atoms. The van der Waals surface area contributed by atoms with Crippen LogP contribution in [0.25, 0.3) is 0 Å². The summed E-state index contributed by atoms with van der Waals surface area (Å²) in [6, 6.07) is 16.4. The fourth-order valence-corrected chi connectivity index (χ4v) is 2.45. The standard InChI is InChI=1S/C18H24N2O/c1-18(2,3)14-11-9-13(10-12-14)17(20-19)15-7-5-6-8-16(15)21-4/h5-12,17,20H,19H2,1-4H3. The first kappa shape index (κ1) is 15.5. The van der Waals surface area contributed by atoms with Gasteiger partial charge in [-0.1, -0.05) is 63.2 Å². The van der Waals surface area contributed by atoms with Crippen LogP contribution in [0.4, 0.5) is 0 Å². The fraction of sp³-hybridized carbons (Fsp3) is 0.333. The Labute approximate surface area is 127 Å². The predicted molar refractivity (Wildman–Crippen MR) is 87.3 cm³/mol. The van der Waals surface area contributed by atoms with Gasteiger partial charge in [-0.3, -0.25) is 5.84 Å². The highest BCUT2D eigenvalue weighted by molar-refractivity contribution is 5.42. The molecule has 112 valence electrons. The van der Waals surface area contributed by atoms with E-state index >= 15 is 0 Å². The molecule has 0 aliphatic carbocycles. The number of para-hydroxylation sites is 1. The highest BCUT2D eigenvalue weighted by Gasteiger charge is 2.18. The third-order valence-electron chi connectivity index (χ3n) is 3.73. The SMILES string of the molecule is COc1ccccc1C(NN)c1ccc(C(C)(C)C)cc1. The highest BCUT2D eigenvalue weighted by Crippen LogP contribution is 2.30.